The molecule has 5 nitrogen and oxygen atoms in total. The molecule has 0 radical (unpaired) electrons. The van der Waals surface area contributed by atoms with E-state index >= 15 is 0 Å². The van der Waals surface area contributed by atoms with Crippen LogP contribution >= 0.6 is 0 Å². The molecule has 0 aliphatic carbocycles. The number of hydrogen-bond acceptors (Lipinski definition) is 4. The predicted molar refractivity (Wildman–Crippen MR) is 42.7 cm³/mol. The fourth-order valence-corrected chi connectivity index (χ4v) is 1.07. The van der Waals surface area contributed by atoms with Gasteiger partial charge in [0.15, 0.2) is 5.43 Å². The summed E-state index contributed by atoms with van der Waals surface area (Å²) in [5.74, 6) is -0.792. The van der Waals surface area contributed by atoms with Gasteiger partial charge in [-0.3, -0.25) is 4.79 Å². The third-order valence-electron chi connectivity index (χ3n) is 1.23. The molecule has 0 atom stereocenters. The quantitative estimate of drug-likeness (QED) is 0.609. The average Bonchev–Trinajstić information content (AvgIpc) is 2.00. The maximum absolute atomic E-state index is 11.8. The minimum Gasteiger partial charge on any atom is -0.357 e. The van der Waals surface area contributed by atoms with E-state index in [1.807, 2.05) is 4.98 Å². The summed E-state index contributed by atoms with van der Waals surface area (Å²) < 4.78 is 60.0. The van der Waals surface area contributed by atoms with Gasteiger partial charge in [-0.05, 0) is 0 Å². The number of alkyl halides is 3. The SMILES string of the molecule is O=c1cc[nH]c(OS(=O)(=O)C(F)(F)F)c1. The fraction of sp³-hybridized carbons (Fsp3) is 0.167. The number of pyridine rings is 1. The largest absolute Gasteiger partial charge is 0.534 e. The molecule has 0 aliphatic rings. The van der Waals surface area contributed by atoms with Crippen LogP contribution in [0.4, 0.5) is 13.2 Å². The normalized spacial score (nSPS) is 12.5. The Labute approximate surface area is 81.6 Å². The number of halogens is 3. The Morgan fingerprint density at radius 2 is 1.93 bits per heavy atom. The molecule has 1 rings (SSSR count). The summed E-state index contributed by atoms with van der Waals surface area (Å²) in [6.07, 6.45) is 0.962. The van der Waals surface area contributed by atoms with Gasteiger partial charge in [0.1, 0.15) is 0 Å². The molecule has 0 unspecified atom stereocenters. The van der Waals surface area contributed by atoms with Crippen LogP contribution in [0.2, 0.25) is 0 Å². The Hall–Kier alpha value is -1.51. The van der Waals surface area contributed by atoms with Crippen molar-refractivity contribution in [2.24, 2.45) is 0 Å². The highest BCUT2D eigenvalue weighted by atomic mass is 32.2. The molecule has 0 amide bonds. The van der Waals surface area contributed by atoms with Crippen molar-refractivity contribution < 1.29 is 25.8 Å². The molecule has 0 spiro atoms. The van der Waals surface area contributed by atoms with Gasteiger partial charge in [0.25, 0.3) is 0 Å². The van der Waals surface area contributed by atoms with E-state index in [4.69, 9.17) is 0 Å². The Balaban J connectivity index is 3.03. The summed E-state index contributed by atoms with van der Waals surface area (Å²) in [7, 11) is -5.74. The van der Waals surface area contributed by atoms with Gasteiger partial charge in [-0.15, -0.1) is 0 Å². The second-order valence-electron chi connectivity index (χ2n) is 2.37. The topological polar surface area (TPSA) is 76.2 Å². The Morgan fingerprint density at radius 1 is 1.33 bits per heavy atom. The number of aromatic amines is 1. The monoisotopic (exact) mass is 243 g/mol. The molecule has 1 heterocycles. The molecule has 0 fully saturated rings. The minimum absolute atomic E-state index is 0.587. The van der Waals surface area contributed by atoms with Crippen LogP contribution in [0.25, 0.3) is 0 Å². The molecule has 1 aromatic rings. The molecule has 15 heavy (non-hydrogen) atoms. The van der Waals surface area contributed by atoms with Crippen LogP contribution < -0.4 is 9.61 Å². The summed E-state index contributed by atoms with van der Waals surface area (Å²) in [5, 5.41) is 0. The van der Waals surface area contributed by atoms with Crippen molar-refractivity contribution in [3.63, 3.8) is 0 Å². The summed E-state index contributed by atoms with van der Waals surface area (Å²) in [6, 6.07) is 1.58. The molecular formula is C6H4F3NO4S. The zero-order chi connectivity index (χ0) is 11.7. The van der Waals surface area contributed by atoms with Crippen LogP contribution in [0.15, 0.2) is 23.1 Å². The molecule has 1 aromatic heterocycles. The van der Waals surface area contributed by atoms with Gasteiger partial charge < -0.3 is 9.17 Å². The number of aromatic nitrogens is 1. The third-order valence-corrected chi connectivity index (χ3v) is 2.20. The van der Waals surface area contributed by atoms with Crippen molar-refractivity contribution >= 4 is 10.1 Å². The first-order chi connectivity index (χ1) is 6.72. The lowest BCUT2D eigenvalue weighted by Crippen LogP contribution is -2.28. The summed E-state index contributed by atoms with van der Waals surface area (Å²) in [6.45, 7) is 0. The molecule has 0 aromatic carbocycles. The minimum atomic E-state index is -5.74. The van der Waals surface area contributed by atoms with Crippen LogP contribution in [-0.2, 0) is 10.1 Å². The van der Waals surface area contributed by atoms with Crippen molar-refractivity contribution in [3.8, 4) is 5.88 Å². The first kappa shape index (κ1) is 11.6. The van der Waals surface area contributed by atoms with Crippen molar-refractivity contribution in [1.29, 1.82) is 0 Å². The van der Waals surface area contributed by atoms with E-state index in [2.05, 4.69) is 4.18 Å². The molecule has 0 bridgehead atoms. The van der Waals surface area contributed by atoms with E-state index < -0.39 is 26.9 Å². The van der Waals surface area contributed by atoms with E-state index in [1.165, 1.54) is 0 Å². The van der Waals surface area contributed by atoms with E-state index in [9.17, 15) is 26.4 Å². The van der Waals surface area contributed by atoms with Crippen molar-refractivity contribution in [2.45, 2.75) is 5.51 Å². The van der Waals surface area contributed by atoms with Crippen LogP contribution in [-0.4, -0.2) is 18.9 Å². The summed E-state index contributed by atoms with van der Waals surface area (Å²) >= 11 is 0. The molecule has 0 saturated heterocycles. The van der Waals surface area contributed by atoms with E-state index in [0.29, 0.717) is 6.07 Å². The first-order valence-corrected chi connectivity index (χ1v) is 4.83. The number of nitrogens with one attached hydrogen (secondary N) is 1. The summed E-state index contributed by atoms with van der Waals surface area (Å²) in [5.41, 5.74) is -6.21. The van der Waals surface area contributed by atoms with E-state index in [-0.39, 0.29) is 0 Å². The number of hydrogen-bond donors (Lipinski definition) is 1. The zero-order valence-electron chi connectivity index (χ0n) is 6.91. The molecule has 1 N–H and O–H groups in total. The second kappa shape index (κ2) is 3.57. The molecule has 0 saturated carbocycles. The maximum Gasteiger partial charge on any atom is 0.534 e. The highest BCUT2D eigenvalue weighted by Crippen LogP contribution is 2.25. The van der Waals surface area contributed by atoms with Gasteiger partial charge in [0, 0.05) is 18.3 Å². The lowest BCUT2D eigenvalue weighted by atomic mass is 10.5. The second-order valence-corrected chi connectivity index (χ2v) is 3.91. The van der Waals surface area contributed by atoms with Gasteiger partial charge in [-0.2, -0.15) is 21.6 Å². The number of H-pyrrole nitrogens is 1. The van der Waals surface area contributed by atoms with Gasteiger partial charge in [0.05, 0.1) is 0 Å². The van der Waals surface area contributed by atoms with Crippen molar-refractivity contribution in [3.05, 3.63) is 28.6 Å². The Kier molecular flexibility index (Phi) is 2.75. The smallest absolute Gasteiger partial charge is 0.357 e. The van der Waals surface area contributed by atoms with Gasteiger partial charge in [-0.25, -0.2) is 0 Å². The standard InChI is InChI=1S/C6H4F3NO4S/c7-6(8,9)15(12,13)14-5-3-4(11)1-2-10-5/h1-3H,(H,10,11). The third kappa shape index (κ3) is 2.72. The zero-order valence-corrected chi connectivity index (χ0v) is 7.72. The average molecular weight is 243 g/mol. The Morgan fingerprint density at radius 3 is 2.40 bits per heavy atom. The highest BCUT2D eigenvalue weighted by Gasteiger charge is 2.48. The van der Waals surface area contributed by atoms with Crippen molar-refractivity contribution in [2.75, 3.05) is 0 Å². The highest BCUT2D eigenvalue weighted by molar-refractivity contribution is 7.87. The van der Waals surface area contributed by atoms with Crippen LogP contribution in [0, 0.1) is 0 Å². The van der Waals surface area contributed by atoms with Gasteiger partial charge in [-0.1, -0.05) is 0 Å². The predicted octanol–water partition coefficient (Wildman–Crippen LogP) is 0.603. The fourth-order valence-electron chi connectivity index (χ4n) is 0.638. The molecule has 9 heteroatoms. The van der Waals surface area contributed by atoms with E-state index in [0.717, 1.165) is 12.3 Å². The lowest BCUT2D eigenvalue weighted by Gasteiger charge is -2.08. The number of rotatable bonds is 2. The lowest BCUT2D eigenvalue weighted by molar-refractivity contribution is -0.0501. The van der Waals surface area contributed by atoms with Gasteiger partial charge >= 0.3 is 15.6 Å². The van der Waals surface area contributed by atoms with Crippen LogP contribution in [0.5, 0.6) is 5.88 Å². The molecular weight excluding hydrogens is 239 g/mol. The van der Waals surface area contributed by atoms with E-state index in [1.54, 1.807) is 0 Å². The first-order valence-electron chi connectivity index (χ1n) is 3.42. The van der Waals surface area contributed by atoms with Gasteiger partial charge in [0.2, 0.25) is 5.88 Å². The van der Waals surface area contributed by atoms with Crippen molar-refractivity contribution in [1.82, 2.24) is 4.98 Å². The van der Waals surface area contributed by atoms with Crippen LogP contribution in [0.3, 0.4) is 0 Å². The van der Waals surface area contributed by atoms with Crippen LogP contribution in [0.1, 0.15) is 0 Å². The summed E-state index contributed by atoms with van der Waals surface area (Å²) in [4.78, 5) is 12.7. The molecule has 0 aliphatic heterocycles. The maximum atomic E-state index is 11.8. The Bertz CT molecular complexity index is 504. The molecule has 84 valence electrons.